The number of benzene rings is 1. The SMILES string of the molecule is CCCCCCCCCCc1ncc(-c2ccc(C(O)CC)cc2)cn1. The molecule has 1 aromatic heterocycles. The molecule has 0 aliphatic carbocycles. The smallest absolute Gasteiger partial charge is 0.128 e. The van der Waals surface area contributed by atoms with E-state index in [1.165, 1.54) is 51.4 Å². The van der Waals surface area contributed by atoms with Crippen LogP contribution in [0.5, 0.6) is 0 Å². The first-order valence-electron chi connectivity index (χ1n) is 10.3. The molecule has 1 heterocycles. The number of rotatable bonds is 12. The van der Waals surface area contributed by atoms with Crippen LogP contribution in [0.15, 0.2) is 36.7 Å². The molecule has 0 aliphatic heterocycles. The molecular weight excluding hydrogens is 320 g/mol. The summed E-state index contributed by atoms with van der Waals surface area (Å²) in [4.78, 5) is 9.05. The Morgan fingerprint density at radius 3 is 1.92 bits per heavy atom. The van der Waals surface area contributed by atoms with E-state index in [0.717, 1.165) is 35.4 Å². The molecule has 2 aromatic rings. The van der Waals surface area contributed by atoms with Crippen molar-refractivity contribution in [3.63, 3.8) is 0 Å². The van der Waals surface area contributed by atoms with Crippen LogP contribution in [-0.2, 0) is 6.42 Å². The summed E-state index contributed by atoms with van der Waals surface area (Å²) in [6.07, 6.45) is 15.8. The second kappa shape index (κ2) is 11.8. The predicted octanol–water partition coefficient (Wildman–Crippen LogP) is 6.27. The molecule has 142 valence electrons. The van der Waals surface area contributed by atoms with Gasteiger partial charge in [0.25, 0.3) is 0 Å². The van der Waals surface area contributed by atoms with Crippen LogP contribution in [0.3, 0.4) is 0 Å². The van der Waals surface area contributed by atoms with Gasteiger partial charge >= 0.3 is 0 Å². The van der Waals surface area contributed by atoms with Crippen LogP contribution in [0, 0.1) is 0 Å². The molecule has 3 heteroatoms. The zero-order valence-electron chi connectivity index (χ0n) is 16.5. The molecule has 0 radical (unpaired) electrons. The Morgan fingerprint density at radius 1 is 0.769 bits per heavy atom. The topological polar surface area (TPSA) is 46.0 Å². The van der Waals surface area contributed by atoms with E-state index < -0.39 is 0 Å². The number of hydrogen-bond acceptors (Lipinski definition) is 3. The lowest BCUT2D eigenvalue weighted by molar-refractivity contribution is 0.173. The summed E-state index contributed by atoms with van der Waals surface area (Å²) in [5.41, 5.74) is 3.08. The van der Waals surface area contributed by atoms with Crippen molar-refractivity contribution in [2.24, 2.45) is 0 Å². The largest absolute Gasteiger partial charge is 0.388 e. The minimum atomic E-state index is -0.380. The van der Waals surface area contributed by atoms with E-state index in [-0.39, 0.29) is 6.10 Å². The summed E-state index contributed by atoms with van der Waals surface area (Å²) in [5, 5.41) is 9.88. The van der Waals surface area contributed by atoms with E-state index in [9.17, 15) is 5.11 Å². The highest BCUT2D eigenvalue weighted by molar-refractivity contribution is 5.61. The molecule has 0 aliphatic rings. The first kappa shape index (κ1) is 20.6. The molecular formula is C23H34N2O. The van der Waals surface area contributed by atoms with E-state index in [0.29, 0.717) is 0 Å². The maximum atomic E-state index is 9.88. The monoisotopic (exact) mass is 354 g/mol. The van der Waals surface area contributed by atoms with Crippen molar-refractivity contribution < 1.29 is 5.11 Å². The van der Waals surface area contributed by atoms with Gasteiger partial charge in [-0.05, 0) is 24.0 Å². The first-order valence-corrected chi connectivity index (χ1v) is 10.3. The van der Waals surface area contributed by atoms with Crippen molar-refractivity contribution in [1.82, 2.24) is 9.97 Å². The van der Waals surface area contributed by atoms with Gasteiger partial charge in [0.1, 0.15) is 5.82 Å². The maximum Gasteiger partial charge on any atom is 0.128 e. The van der Waals surface area contributed by atoms with Crippen LogP contribution in [0.1, 0.15) is 89.1 Å². The number of aliphatic hydroxyl groups is 1. The first-order chi connectivity index (χ1) is 12.7. The van der Waals surface area contributed by atoms with Crippen molar-refractivity contribution in [2.45, 2.75) is 84.2 Å². The van der Waals surface area contributed by atoms with Gasteiger partial charge < -0.3 is 5.11 Å². The normalized spacial score (nSPS) is 12.3. The van der Waals surface area contributed by atoms with Crippen LogP contribution >= 0.6 is 0 Å². The minimum Gasteiger partial charge on any atom is -0.388 e. The molecule has 0 amide bonds. The average Bonchev–Trinajstić information content (AvgIpc) is 2.70. The third-order valence-corrected chi connectivity index (χ3v) is 4.97. The Labute approximate surface area is 158 Å². The lowest BCUT2D eigenvalue weighted by atomic mass is 10.0. The quantitative estimate of drug-likeness (QED) is 0.457. The Balaban J connectivity index is 1.74. The molecule has 26 heavy (non-hydrogen) atoms. The Hall–Kier alpha value is -1.74. The maximum absolute atomic E-state index is 9.88. The summed E-state index contributed by atoms with van der Waals surface area (Å²) < 4.78 is 0. The number of aryl methyl sites for hydroxylation is 1. The van der Waals surface area contributed by atoms with E-state index in [1.54, 1.807) is 0 Å². The lowest BCUT2D eigenvalue weighted by Gasteiger charge is -2.09. The van der Waals surface area contributed by atoms with E-state index in [2.05, 4.69) is 16.9 Å². The fourth-order valence-corrected chi connectivity index (χ4v) is 3.18. The Kier molecular flexibility index (Phi) is 9.33. The molecule has 1 unspecified atom stereocenters. The summed E-state index contributed by atoms with van der Waals surface area (Å²) in [6.45, 7) is 4.24. The number of aliphatic hydroxyl groups excluding tert-OH is 1. The number of nitrogens with zero attached hydrogens (tertiary/aromatic N) is 2. The van der Waals surface area contributed by atoms with Gasteiger partial charge in [0, 0.05) is 24.4 Å². The third-order valence-electron chi connectivity index (χ3n) is 4.97. The van der Waals surface area contributed by atoms with Crippen molar-refractivity contribution in [3.8, 4) is 11.1 Å². The summed E-state index contributed by atoms with van der Waals surface area (Å²) in [5.74, 6) is 0.942. The highest BCUT2D eigenvalue weighted by Gasteiger charge is 2.06. The Bertz CT molecular complexity index is 607. The molecule has 0 bridgehead atoms. The Morgan fingerprint density at radius 2 is 1.35 bits per heavy atom. The molecule has 1 aromatic carbocycles. The van der Waals surface area contributed by atoms with Gasteiger partial charge in [-0.15, -0.1) is 0 Å². The van der Waals surface area contributed by atoms with Crippen LogP contribution in [0.4, 0.5) is 0 Å². The number of unbranched alkanes of at least 4 members (excludes halogenated alkanes) is 7. The zero-order chi connectivity index (χ0) is 18.6. The second-order valence-electron chi connectivity index (χ2n) is 7.16. The van der Waals surface area contributed by atoms with Crippen LogP contribution in [0.25, 0.3) is 11.1 Å². The van der Waals surface area contributed by atoms with Crippen LogP contribution in [-0.4, -0.2) is 15.1 Å². The highest BCUT2D eigenvalue weighted by Crippen LogP contribution is 2.22. The molecule has 0 fully saturated rings. The number of aromatic nitrogens is 2. The third kappa shape index (κ3) is 6.87. The van der Waals surface area contributed by atoms with Gasteiger partial charge in [-0.3, -0.25) is 0 Å². The molecule has 2 rings (SSSR count). The van der Waals surface area contributed by atoms with Crippen LogP contribution < -0.4 is 0 Å². The summed E-state index contributed by atoms with van der Waals surface area (Å²) >= 11 is 0. The van der Waals surface area contributed by atoms with Gasteiger partial charge in [-0.1, -0.05) is 83.1 Å². The molecule has 3 nitrogen and oxygen atoms in total. The fraction of sp³-hybridized carbons (Fsp3) is 0.565. The van der Waals surface area contributed by atoms with Crippen molar-refractivity contribution in [1.29, 1.82) is 0 Å². The van der Waals surface area contributed by atoms with Gasteiger partial charge in [0.05, 0.1) is 6.10 Å². The van der Waals surface area contributed by atoms with Crippen molar-refractivity contribution >= 4 is 0 Å². The van der Waals surface area contributed by atoms with E-state index >= 15 is 0 Å². The molecule has 0 saturated carbocycles. The zero-order valence-corrected chi connectivity index (χ0v) is 16.5. The van der Waals surface area contributed by atoms with Crippen molar-refractivity contribution in [3.05, 3.63) is 48.0 Å². The molecule has 1 N–H and O–H groups in total. The average molecular weight is 355 g/mol. The van der Waals surface area contributed by atoms with Gasteiger partial charge in [-0.2, -0.15) is 0 Å². The number of hydrogen-bond donors (Lipinski definition) is 1. The van der Waals surface area contributed by atoms with Gasteiger partial charge in [0.2, 0.25) is 0 Å². The fourth-order valence-electron chi connectivity index (χ4n) is 3.18. The van der Waals surface area contributed by atoms with Gasteiger partial charge in [-0.25, -0.2) is 9.97 Å². The van der Waals surface area contributed by atoms with E-state index in [1.807, 2.05) is 43.6 Å². The van der Waals surface area contributed by atoms with Gasteiger partial charge in [0.15, 0.2) is 0 Å². The molecule has 0 saturated heterocycles. The molecule has 0 spiro atoms. The molecule has 1 atom stereocenters. The lowest BCUT2D eigenvalue weighted by Crippen LogP contribution is -1.96. The van der Waals surface area contributed by atoms with E-state index in [4.69, 9.17) is 0 Å². The summed E-state index contributed by atoms with van der Waals surface area (Å²) in [7, 11) is 0. The predicted molar refractivity (Wildman–Crippen MR) is 109 cm³/mol. The van der Waals surface area contributed by atoms with Crippen LogP contribution in [0.2, 0.25) is 0 Å². The standard InChI is InChI=1S/C23H34N2O/c1-3-5-6-7-8-9-10-11-12-23-24-17-21(18-25-23)19-13-15-20(16-14-19)22(26)4-2/h13-18,22,26H,3-12H2,1-2H3. The second-order valence-corrected chi connectivity index (χ2v) is 7.16. The highest BCUT2D eigenvalue weighted by atomic mass is 16.3. The summed E-state index contributed by atoms with van der Waals surface area (Å²) in [6, 6.07) is 8.03. The minimum absolute atomic E-state index is 0.380. The van der Waals surface area contributed by atoms with Crippen molar-refractivity contribution in [2.75, 3.05) is 0 Å².